The maximum atomic E-state index is 6.07. The highest BCUT2D eigenvalue weighted by Gasteiger charge is 2.14. The molecule has 0 radical (unpaired) electrons. The van der Waals surface area contributed by atoms with Gasteiger partial charge in [-0.05, 0) is 31.0 Å². The van der Waals surface area contributed by atoms with E-state index in [-0.39, 0.29) is 0 Å². The van der Waals surface area contributed by atoms with Crippen molar-refractivity contribution in [1.82, 2.24) is 0 Å². The van der Waals surface area contributed by atoms with Crippen LogP contribution in [0.5, 0.6) is 0 Å². The Hall–Kier alpha value is -0.800. The predicted molar refractivity (Wildman–Crippen MR) is 87.1 cm³/mol. The molecule has 0 bridgehead atoms. The predicted octanol–water partition coefficient (Wildman–Crippen LogP) is 4.50. The number of hydrogen-bond donors (Lipinski definition) is 2. The van der Waals surface area contributed by atoms with Gasteiger partial charge in [0.05, 0.1) is 0 Å². The summed E-state index contributed by atoms with van der Waals surface area (Å²) in [5.74, 6) is 0. The van der Waals surface area contributed by atoms with E-state index in [1.165, 1.54) is 44.9 Å². The van der Waals surface area contributed by atoms with E-state index in [4.69, 9.17) is 29.6 Å². The van der Waals surface area contributed by atoms with Gasteiger partial charge in [-0.3, -0.25) is 0 Å². The molecule has 104 valence electrons. The summed E-state index contributed by atoms with van der Waals surface area (Å²) in [6, 6.07) is 6.16. The van der Waals surface area contributed by atoms with Crippen LogP contribution < -0.4 is 11.1 Å². The molecule has 2 nitrogen and oxygen atoms in total. The Morgan fingerprint density at radius 2 is 1.79 bits per heavy atom. The standard InChI is InChI=1S/C15H21ClN2S/c16-11-8-9-13(15(17)19)14(10-11)18-12-6-4-2-1-3-5-7-12/h8-10,12,18H,1-7H2,(H2,17,19). The van der Waals surface area contributed by atoms with Gasteiger partial charge in [0, 0.05) is 22.3 Å². The van der Waals surface area contributed by atoms with E-state index in [1.54, 1.807) is 0 Å². The Bertz CT molecular complexity index is 440. The summed E-state index contributed by atoms with van der Waals surface area (Å²) in [5, 5.41) is 4.30. The van der Waals surface area contributed by atoms with Crippen molar-refractivity contribution < 1.29 is 0 Å². The first-order valence-electron chi connectivity index (χ1n) is 7.02. The van der Waals surface area contributed by atoms with Crippen molar-refractivity contribution >= 4 is 34.5 Å². The van der Waals surface area contributed by atoms with Crippen molar-refractivity contribution in [1.29, 1.82) is 0 Å². The second-order valence-corrected chi connectivity index (χ2v) is 6.12. The van der Waals surface area contributed by atoms with Crippen LogP contribution in [0.3, 0.4) is 0 Å². The molecule has 0 atom stereocenters. The first-order chi connectivity index (χ1) is 9.16. The van der Waals surface area contributed by atoms with Crippen molar-refractivity contribution in [3.05, 3.63) is 28.8 Å². The quantitative estimate of drug-likeness (QED) is 0.807. The van der Waals surface area contributed by atoms with Gasteiger partial charge in [-0.1, -0.05) is 55.9 Å². The molecule has 1 aromatic rings. The number of nitrogens with two attached hydrogens (primary N) is 1. The third-order valence-electron chi connectivity index (χ3n) is 3.71. The molecular weight excluding hydrogens is 276 g/mol. The van der Waals surface area contributed by atoms with E-state index in [0.29, 0.717) is 16.1 Å². The molecule has 0 unspecified atom stereocenters. The highest BCUT2D eigenvalue weighted by molar-refractivity contribution is 7.80. The summed E-state index contributed by atoms with van der Waals surface area (Å²) >= 11 is 11.2. The minimum Gasteiger partial charge on any atom is -0.389 e. The minimum atomic E-state index is 0.421. The number of halogens is 1. The number of hydrogen-bond acceptors (Lipinski definition) is 2. The summed E-state index contributed by atoms with van der Waals surface area (Å²) in [5.41, 5.74) is 7.64. The summed E-state index contributed by atoms with van der Waals surface area (Å²) in [7, 11) is 0. The van der Waals surface area contributed by atoms with Crippen molar-refractivity contribution in [3.63, 3.8) is 0 Å². The van der Waals surface area contributed by atoms with Gasteiger partial charge in [0.2, 0.25) is 0 Å². The lowest BCUT2D eigenvalue weighted by atomic mass is 9.96. The van der Waals surface area contributed by atoms with E-state index >= 15 is 0 Å². The molecule has 0 aromatic heterocycles. The fraction of sp³-hybridized carbons (Fsp3) is 0.533. The molecule has 0 amide bonds. The van der Waals surface area contributed by atoms with Gasteiger partial charge < -0.3 is 11.1 Å². The van der Waals surface area contributed by atoms with Crippen molar-refractivity contribution in [2.24, 2.45) is 5.73 Å². The Balaban J connectivity index is 2.11. The highest BCUT2D eigenvalue weighted by Crippen LogP contribution is 2.25. The van der Waals surface area contributed by atoms with Crippen LogP contribution in [0.25, 0.3) is 0 Å². The topological polar surface area (TPSA) is 38.0 Å². The minimum absolute atomic E-state index is 0.421. The third-order valence-corrected chi connectivity index (χ3v) is 4.17. The normalized spacial score (nSPS) is 17.5. The Labute approximate surface area is 125 Å². The number of rotatable bonds is 3. The number of anilines is 1. The Kier molecular flexibility index (Phi) is 5.46. The fourth-order valence-corrected chi connectivity index (χ4v) is 3.02. The lowest BCUT2D eigenvalue weighted by Crippen LogP contribution is -2.23. The summed E-state index contributed by atoms with van der Waals surface area (Å²) in [4.78, 5) is 0.421. The number of benzene rings is 1. The molecule has 0 heterocycles. The second kappa shape index (κ2) is 7.11. The molecule has 2 rings (SSSR count). The molecule has 1 aromatic carbocycles. The van der Waals surface area contributed by atoms with Crippen LogP contribution in [-0.2, 0) is 0 Å². The molecule has 1 aliphatic rings. The average molecular weight is 297 g/mol. The van der Waals surface area contributed by atoms with Gasteiger partial charge in [0.1, 0.15) is 4.99 Å². The maximum absolute atomic E-state index is 6.07. The lowest BCUT2D eigenvalue weighted by Gasteiger charge is -2.23. The van der Waals surface area contributed by atoms with Crippen molar-refractivity contribution in [2.45, 2.75) is 51.0 Å². The second-order valence-electron chi connectivity index (χ2n) is 5.24. The monoisotopic (exact) mass is 296 g/mol. The maximum Gasteiger partial charge on any atom is 0.106 e. The lowest BCUT2D eigenvalue weighted by molar-refractivity contribution is 0.471. The van der Waals surface area contributed by atoms with Crippen LogP contribution in [0.4, 0.5) is 5.69 Å². The highest BCUT2D eigenvalue weighted by atomic mass is 35.5. The molecule has 1 fully saturated rings. The van der Waals surface area contributed by atoms with Crippen LogP contribution in [0.15, 0.2) is 18.2 Å². The average Bonchev–Trinajstić information content (AvgIpc) is 2.32. The van der Waals surface area contributed by atoms with Crippen LogP contribution >= 0.6 is 23.8 Å². The van der Waals surface area contributed by atoms with Crippen LogP contribution in [0, 0.1) is 0 Å². The molecule has 1 saturated carbocycles. The number of thiocarbonyl (C=S) groups is 1. The molecule has 4 heteroatoms. The van der Waals surface area contributed by atoms with Gasteiger partial charge in [-0.2, -0.15) is 0 Å². The van der Waals surface area contributed by atoms with E-state index in [2.05, 4.69) is 5.32 Å². The van der Waals surface area contributed by atoms with Crippen LogP contribution in [0.2, 0.25) is 5.02 Å². The SMILES string of the molecule is NC(=S)c1ccc(Cl)cc1NC1CCCCCCC1. The van der Waals surface area contributed by atoms with Gasteiger partial charge in [0.15, 0.2) is 0 Å². The first kappa shape index (κ1) is 14.6. The zero-order valence-electron chi connectivity index (χ0n) is 11.1. The molecule has 3 N–H and O–H groups in total. The van der Waals surface area contributed by atoms with E-state index in [0.717, 1.165) is 11.3 Å². The summed E-state index contributed by atoms with van der Waals surface area (Å²) in [6.07, 6.45) is 9.07. The summed E-state index contributed by atoms with van der Waals surface area (Å²) in [6.45, 7) is 0. The van der Waals surface area contributed by atoms with Gasteiger partial charge in [-0.15, -0.1) is 0 Å². The van der Waals surface area contributed by atoms with Crippen molar-refractivity contribution in [2.75, 3.05) is 5.32 Å². The van der Waals surface area contributed by atoms with Crippen LogP contribution in [-0.4, -0.2) is 11.0 Å². The molecule has 0 saturated heterocycles. The largest absolute Gasteiger partial charge is 0.389 e. The molecule has 19 heavy (non-hydrogen) atoms. The fourth-order valence-electron chi connectivity index (χ4n) is 2.67. The van der Waals surface area contributed by atoms with E-state index in [1.807, 2.05) is 18.2 Å². The molecular formula is C15H21ClN2S. The summed E-state index contributed by atoms with van der Waals surface area (Å²) < 4.78 is 0. The van der Waals surface area contributed by atoms with Gasteiger partial charge in [0.25, 0.3) is 0 Å². The Morgan fingerprint density at radius 1 is 1.16 bits per heavy atom. The van der Waals surface area contributed by atoms with Gasteiger partial charge >= 0.3 is 0 Å². The third kappa shape index (κ3) is 4.36. The van der Waals surface area contributed by atoms with E-state index < -0.39 is 0 Å². The van der Waals surface area contributed by atoms with Crippen molar-refractivity contribution in [3.8, 4) is 0 Å². The van der Waals surface area contributed by atoms with Gasteiger partial charge in [-0.25, -0.2) is 0 Å². The molecule has 0 aliphatic heterocycles. The Morgan fingerprint density at radius 3 is 2.42 bits per heavy atom. The van der Waals surface area contributed by atoms with E-state index in [9.17, 15) is 0 Å². The molecule has 0 spiro atoms. The molecule has 1 aliphatic carbocycles. The van der Waals surface area contributed by atoms with Crippen LogP contribution in [0.1, 0.15) is 50.5 Å². The zero-order valence-corrected chi connectivity index (χ0v) is 12.7. The smallest absolute Gasteiger partial charge is 0.106 e. The number of nitrogens with one attached hydrogen (secondary N) is 1. The zero-order chi connectivity index (χ0) is 13.7. The first-order valence-corrected chi connectivity index (χ1v) is 7.81.